The fraction of sp³-hybridized carbons (Fsp3) is 0.429. The highest BCUT2D eigenvalue weighted by Gasteiger charge is 2.34. The quantitative estimate of drug-likeness (QED) is 0.824. The van der Waals surface area contributed by atoms with E-state index in [1.165, 1.54) is 0 Å². The van der Waals surface area contributed by atoms with Gasteiger partial charge >= 0.3 is 6.18 Å². The van der Waals surface area contributed by atoms with Crippen LogP contribution in [0, 0.1) is 0 Å². The molecule has 0 bridgehead atoms. The Balaban J connectivity index is 1.84. The van der Waals surface area contributed by atoms with Gasteiger partial charge in [0.25, 0.3) is 10.0 Å². The molecule has 2 aromatic rings. The van der Waals surface area contributed by atoms with Gasteiger partial charge in [-0.3, -0.25) is 0 Å². The molecule has 0 saturated carbocycles. The normalized spacial score (nSPS) is 15.6. The predicted molar refractivity (Wildman–Crippen MR) is 79.9 cm³/mol. The third kappa shape index (κ3) is 3.53. The van der Waals surface area contributed by atoms with E-state index in [-0.39, 0.29) is 5.95 Å². The Bertz CT molecular complexity index is 846. The van der Waals surface area contributed by atoms with Crippen LogP contribution in [0.2, 0.25) is 0 Å². The van der Waals surface area contributed by atoms with Gasteiger partial charge in [0.15, 0.2) is 0 Å². The minimum atomic E-state index is -4.64. The molecule has 2 N–H and O–H groups in total. The molecule has 0 saturated heterocycles. The topological polar surface area (TPSA) is 87.7 Å². The maximum Gasteiger partial charge on any atom is 0.431 e. The number of sulfonamides is 1. The molecule has 130 valence electrons. The third-order valence-corrected chi connectivity index (χ3v) is 5.12. The molecule has 0 aromatic carbocycles. The first-order valence-corrected chi connectivity index (χ1v) is 8.87. The highest BCUT2D eigenvalue weighted by molar-refractivity contribution is 7.92. The monoisotopic (exact) mass is 360 g/mol. The number of halogens is 3. The average molecular weight is 360 g/mol. The Hall–Kier alpha value is -2.10. The number of aromatic nitrogens is 3. The van der Waals surface area contributed by atoms with Crippen LogP contribution in [0.25, 0.3) is 0 Å². The van der Waals surface area contributed by atoms with E-state index in [2.05, 4.69) is 14.7 Å². The molecule has 0 unspecified atom stereocenters. The zero-order valence-corrected chi connectivity index (χ0v) is 13.3. The SMILES string of the molecule is O=S(=O)(Nc1ncc2c(n1)CCCCC2)c1c[nH]c(C(F)(F)F)c1. The molecular formula is C14H15F3N4O2S. The molecule has 1 aliphatic carbocycles. The Morgan fingerprint density at radius 1 is 1.17 bits per heavy atom. The second-order valence-electron chi connectivity index (χ2n) is 5.58. The number of alkyl halides is 3. The summed E-state index contributed by atoms with van der Waals surface area (Å²) in [4.78, 5) is 9.56. The molecule has 0 spiro atoms. The first-order chi connectivity index (χ1) is 11.3. The summed E-state index contributed by atoms with van der Waals surface area (Å²) in [7, 11) is -4.19. The van der Waals surface area contributed by atoms with Crippen molar-refractivity contribution in [1.29, 1.82) is 0 Å². The smallest absolute Gasteiger partial charge is 0.356 e. The number of aromatic amines is 1. The third-order valence-electron chi connectivity index (χ3n) is 3.81. The van der Waals surface area contributed by atoms with Gasteiger partial charge in [-0.2, -0.15) is 13.2 Å². The summed E-state index contributed by atoms with van der Waals surface area (Å²) >= 11 is 0. The number of hydrogen-bond acceptors (Lipinski definition) is 4. The van der Waals surface area contributed by atoms with Crippen LogP contribution in [-0.2, 0) is 29.0 Å². The van der Waals surface area contributed by atoms with Gasteiger partial charge in [0.05, 0.1) is 0 Å². The van der Waals surface area contributed by atoms with Gasteiger partial charge in [-0.05, 0) is 37.3 Å². The summed E-state index contributed by atoms with van der Waals surface area (Å²) in [6, 6.07) is 0.534. The Labute approximate surface area is 136 Å². The molecule has 24 heavy (non-hydrogen) atoms. The summed E-state index contributed by atoms with van der Waals surface area (Å²) in [6.45, 7) is 0. The lowest BCUT2D eigenvalue weighted by atomic mass is 10.1. The molecule has 2 heterocycles. The fourth-order valence-electron chi connectivity index (χ4n) is 2.57. The molecule has 2 aromatic heterocycles. The van der Waals surface area contributed by atoms with Crippen molar-refractivity contribution < 1.29 is 21.6 Å². The zero-order chi connectivity index (χ0) is 17.4. The van der Waals surface area contributed by atoms with Crippen LogP contribution < -0.4 is 4.72 Å². The molecule has 10 heteroatoms. The van der Waals surface area contributed by atoms with E-state index in [1.54, 1.807) is 6.20 Å². The van der Waals surface area contributed by atoms with Gasteiger partial charge in [-0.25, -0.2) is 23.1 Å². The van der Waals surface area contributed by atoms with E-state index in [0.29, 0.717) is 6.07 Å². The van der Waals surface area contributed by atoms with E-state index in [0.717, 1.165) is 49.6 Å². The lowest BCUT2D eigenvalue weighted by Gasteiger charge is -2.08. The van der Waals surface area contributed by atoms with Crippen molar-refractivity contribution in [2.45, 2.75) is 43.2 Å². The molecule has 0 atom stereocenters. The Morgan fingerprint density at radius 3 is 2.62 bits per heavy atom. The number of nitrogens with one attached hydrogen (secondary N) is 2. The van der Waals surface area contributed by atoms with E-state index in [9.17, 15) is 21.6 Å². The van der Waals surface area contributed by atoms with Crippen LogP contribution in [-0.4, -0.2) is 23.4 Å². The Kier molecular flexibility index (Phi) is 4.24. The summed E-state index contributed by atoms with van der Waals surface area (Å²) in [6.07, 6.45) is 2.35. The number of aryl methyl sites for hydroxylation is 2. The number of fused-ring (bicyclic) bond motifs is 1. The van der Waals surface area contributed by atoms with Crippen LogP contribution in [0.15, 0.2) is 23.4 Å². The average Bonchev–Trinajstić information content (AvgIpc) is 2.89. The Morgan fingerprint density at radius 2 is 1.92 bits per heavy atom. The molecule has 0 fully saturated rings. The van der Waals surface area contributed by atoms with E-state index in [4.69, 9.17) is 0 Å². The first kappa shape index (κ1) is 16.7. The van der Waals surface area contributed by atoms with Gasteiger partial charge in [-0.15, -0.1) is 0 Å². The largest absolute Gasteiger partial charge is 0.431 e. The molecule has 1 aliphatic rings. The summed E-state index contributed by atoms with van der Waals surface area (Å²) < 4.78 is 64.2. The van der Waals surface area contributed by atoms with Crippen LogP contribution in [0.3, 0.4) is 0 Å². The predicted octanol–water partition coefficient (Wildman–Crippen LogP) is 2.89. The van der Waals surface area contributed by atoms with Crippen LogP contribution in [0.1, 0.15) is 36.2 Å². The second kappa shape index (κ2) is 6.08. The minimum absolute atomic E-state index is 0.134. The van der Waals surface area contributed by atoms with Crippen molar-refractivity contribution in [2.24, 2.45) is 0 Å². The number of rotatable bonds is 3. The van der Waals surface area contributed by atoms with Crippen molar-refractivity contribution in [1.82, 2.24) is 15.0 Å². The maximum atomic E-state index is 12.6. The fourth-order valence-corrected chi connectivity index (χ4v) is 3.52. The van der Waals surface area contributed by atoms with Gasteiger partial charge in [0, 0.05) is 18.1 Å². The van der Waals surface area contributed by atoms with Crippen molar-refractivity contribution >= 4 is 16.0 Å². The van der Waals surface area contributed by atoms with Crippen molar-refractivity contribution in [3.8, 4) is 0 Å². The van der Waals surface area contributed by atoms with E-state index < -0.39 is 26.8 Å². The van der Waals surface area contributed by atoms with Gasteiger partial charge in [-0.1, -0.05) is 6.42 Å². The van der Waals surface area contributed by atoms with Gasteiger partial charge in [0.1, 0.15) is 10.6 Å². The summed E-state index contributed by atoms with van der Waals surface area (Å²) in [5.74, 6) is -0.134. The number of nitrogens with zero attached hydrogens (tertiary/aromatic N) is 2. The molecule has 6 nitrogen and oxygen atoms in total. The van der Waals surface area contributed by atoms with E-state index in [1.807, 2.05) is 4.98 Å². The lowest BCUT2D eigenvalue weighted by molar-refractivity contribution is -0.140. The van der Waals surface area contributed by atoms with Crippen LogP contribution in [0.5, 0.6) is 0 Å². The van der Waals surface area contributed by atoms with Crippen molar-refractivity contribution in [3.05, 3.63) is 35.4 Å². The van der Waals surface area contributed by atoms with Crippen molar-refractivity contribution in [2.75, 3.05) is 4.72 Å². The second-order valence-corrected chi connectivity index (χ2v) is 7.26. The first-order valence-electron chi connectivity index (χ1n) is 7.39. The minimum Gasteiger partial charge on any atom is -0.356 e. The maximum absolute atomic E-state index is 12.6. The standard InChI is InChI=1S/C14H15F3N4O2S/c15-14(16,17)12-6-10(8-18-12)24(22,23)21-13-19-7-9-4-2-1-3-5-11(9)20-13/h6-8,18H,1-5H2,(H,19,20,21). The number of H-pyrrole nitrogens is 1. The molecule has 0 aliphatic heterocycles. The van der Waals surface area contributed by atoms with Crippen LogP contribution in [0.4, 0.5) is 19.1 Å². The highest BCUT2D eigenvalue weighted by atomic mass is 32.2. The molecule has 3 rings (SSSR count). The molecule has 0 amide bonds. The number of anilines is 1. The van der Waals surface area contributed by atoms with E-state index >= 15 is 0 Å². The lowest BCUT2D eigenvalue weighted by Crippen LogP contribution is -2.15. The summed E-state index contributed by atoms with van der Waals surface area (Å²) in [5, 5.41) is 0. The zero-order valence-electron chi connectivity index (χ0n) is 12.5. The van der Waals surface area contributed by atoms with Crippen LogP contribution >= 0.6 is 0 Å². The summed E-state index contributed by atoms with van der Waals surface area (Å²) in [5.41, 5.74) is 0.632. The molecular weight excluding hydrogens is 345 g/mol. The number of hydrogen-bond donors (Lipinski definition) is 2. The molecule has 0 radical (unpaired) electrons. The van der Waals surface area contributed by atoms with Crippen molar-refractivity contribution in [3.63, 3.8) is 0 Å². The highest BCUT2D eigenvalue weighted by Crippen LogP contribution is 2.30. The van der Waals surface area contributed by atoms with Gasteiger partial charge < -0.3 is 4.98 Å². The van der Waals surface area contributed by atoms with Gasteiger partial charge in [0.2, 0.25) is 5.95 Å².